The van der Waals surface area contributed by atoms with E-state index in [-0.39, 0.29) is 18.3 Å². The highest BCUT2D eigenvalue weighted by Crippen LogP contribution is 2.28. The van der Waals surface area contributed by atoms with E-state index in [1.165, 1.54) is 0 Å². The number of halogens is 1. The molecule has 0 fully saturated rings. The monoisotopic (exact) mass is 263 g/mol. The Hall–Kier alpha value is -1.81. The lowest BCUT2D eigenvalue weighted by Gasteiger charge is -2.18. The zero-order chi connectivity index (χ0) is 11.8. The predicted octanol–water partition coefficient (Wildman–Crippen LogP) is 2.35. The van der Waals surface area contributed by atoms with Crippen LogP contribution in [0, 0.1) is 0 Å². The molecule has 18 heavy (non-hydrogen) atoms. The van der Waals surface area contributed by atoms with Crippen molar-refractivity contribution in [3.05, 3.63) is 41.9 Å². The van der Waals surface area contributed by atoms with Gasteiger partial charge in [-0.2, -0.15) is 0 Å². The van der Waals surface area contributed by atoms with Crippen LogP contribution in [-0.2, 0) is 0 Å². The van der Waals surface area contributed by atoms with Crippen LogP contribution in [0.4, 0.5) is 0 Å². The van der Waals surface area contributed by atoms with Gasteiger partial charge in [0.1, 0.15) is 0 Å². The van der Waals surface area contributed by atoms with E-state index >= 15 is 0 Å². The van der Waals surface area contributed by atoms with Crippen molar-refractivity contribution in [2.45, 2.75) is 12.8 Å². The molecule has 3 rings (SSSR count). The number of carbonyl (C=O) groups is 1. The van der Waals surface area contributed by atoms with Crippen LogP contribution in [0.3, 0.4) is 0 Å². The van der Waals surface area contributed by atoms with Crippen molar-refractivity contribution in [2.24, 2.45) is 0 Å². The smallest absolute Gasteiger partial charge is 0.253 e. The van der Waals surface area contributed by atoms with E-state index in [0.29, 0.717) is 12.5 Å². The van der Waals surface area contributed by atoms with Crippen molar-refractivity contribution in [2.75, 3.05) is 6.54 Å². The molecule has 0 saturated carbocycles. The first-order chi connectivity index (χ1) is 8.25. The van der Waals surface area contributed by atoms with Crippen molar-refractivity contribution in [3.63, 3.8) is 0 Å². The maximum absolute atomic E-state index is 11.7. The molecule has 1 amide bonds. The fraction of sp³-hybridized carbons (Fsp3) is 0.231. The summed E-state index contributed by atoms with van der Waals surface area (Å²) in [6.45, 7) is 2.80. The SMILES string of the molecule is C[C@@H]1CNC(=O)c2cc(-c3ccncc3)[nH]c21.Cl. The Morgan fingerprint density at radius 3 is 2.72 bits per heavy atom. The van der Waals surface area contributed by atoms with E-state index in [1.54, 1.807) is 12.4 Å². The molecule has 1 aliphatic rings. The van der Waals surface area contributed by atoms with Crippen molar-refractivity contribution in [1.29, 1.82) is 0 Å². The van der Waals surface area contributed by atoms with E-state index in [2.05, 4.69) is 22.2 Å². The number of fused-ring (bicyclic) bond motifs is 1. The normalized spacial score (nSPS) is 17.6. The summed E-state index contributed by atoms with van der Waals surface area (Å²) in [7, 11) is 0. The van der Waals surface area contributed by atoms with Crippen LogP contribution in [0.25, 0.3) is 11.3 Å². The summed E-state index contributed by atoms with van der Waals surface area (Å²) < 4.78 is 0. The molecule has 5 heteroatoms. The number of carbonyl (C=O) groups excluding carboxylic acids is 1. The van der Waals surface area contributed by atoms with Crippen LogP contribution in [-0.4, -0.2) is 22.4 Å². The Balaban J connectivity index is 0.00000120. The van der Waals surface area contributed by atoms with Crippen LogP contribution >= 0.6 is 12.4 Å². The first-order valence-electron chi connectivity index (χ1n) is 5.67. The molecule has 0 unspecified atom stereocenters. The first kappa shape index (κ1) is 12.6. The van der Waals surface area contributed by atoms with Crippen molar-refractivity contribution in [1.82, 2.24) is 15.3 Å². The van der Waals surface area contributed by atoms with Gasteiger partial charge < -0.3 is 10.3 Å². The summed E-state index contributed by atoms with van der Waals surface area (Å²) in [5, 5.41) is 2.88. The Morgan fingerprint density at radius 2 is 2.06 bits per heavy atom. The van der Waals surface area contributed by atoms with Crippen LogP contribution < -0.4 is 5.32 Å². The Kier molecular flexibility index (Phi) is 3.39. The van der Waals surface area contributed by atoms with Crippen LogP contribution in [0.2, 0.25) is 0 Å². The van der Waals surface area contributed by atoms with E-state index < -0.39 is 0 Å². The maximum Gasteiger partial charge on any atom is 0.253 e. The van der Waals surface area contributed by atoms with Crippen molar-refractivity contribution in [3.8, 4) is 11.3 Å². The third-order valence-electron chi connectivity index (χ3n) is 3.15. The van der Waals surface area contributed by atoms with Crippen molar-refractivity contribution >= 4 is 18.3 Å². The number of nitrogens with zero attached hydrogens (tertiary/aromatic N) is 1. The summed E-state index contributed by atoms with van der Waals surface area (Å²) in [5.74, 6) is 0.341. The van der Waals surface area contributed by atoms with Gasteiger partial charge in [-0.05, 0) is 18.2 Å². The lowest BCUT2D eigenvalue weighted by molar-refractivity contribution is 0.0941. The minimum Gasteiger partial charge on any atom is -0.357 e. The van der Waals surface area contributed by atoms with Gasteiger partial charge in [0.25, 0.3) is 5.91 Å². The minimum absolute atomic E-state index is 0. The molecule has 0 aliphatic carbocycles. The molecule has 0 spiro atoms. The highest BCUT2D eigenvalue weighted by atomic mass is 35.5. The van der Waals surface area contributed by atoms with Gasteiger partial charge >= 0.3 is 0 Å². The number of H-pyrrole nitrogens is 1. The lowest BCUT2D eigenvalue weighted by atomic mass is 10.00. The summed E-state index contributed by atoms with van der Waals surface area (Å²) in [4.78, 5) is 19.1. The number of aromatic amines is 1. The third-order valence-corrected chi connectivity index (χ3v) is 3.15. The zero-order valence-electron chi connectivity index (χ0n) is 9.93. The number of hydrogen-bond donors (Lipinski definition) is 2. The van der Waals surface area contributed by atoms with Gasteiger partial charge in [-0.1, -0.05) is 6.92 Å². The van der Waals surface area contributed by atoms with E-state index in [1.807, 2.05) is 18.2 Å². The van der Waals surface area contributed by atoms with Crippen LogP contribution in [0.5, 0.6) is 0 Å². The van der Waals surface area contributed by atoms with Gasteiger partial charge in [-0.15, -0.1) is 12.4 Å². The molecule has 1 atom stereocenters. The topological polar surface area (TPSA) is 57.8 Å². The molecule has 2 aromatic rings. The Morgan fingerprint density at radius 1 is 1.33 bits per heavy atom. The first-order valence-corrected chi connectivity index (χ1v) is 5.67. The molecule has 0 radical (unpaired) electrons. The minimum atomic E-state index is 0. The quantitative estimate of drug-likeness (QED) is 0.830. The van der Waals surface area contributed by atoms with Crippen LogP contribution in [0.1, 0.15) is 28.9 Å². The van der Waals surface area contributed by atoms with Crippen LogP contribution in [0.15, 0.2) is 30.6 Å². The second kappa shape index (κ2) is 4.82. The van der Waals surface area contributed by atoms with Gasteiger partial charge in [0, 0.05) is 41.8 Å². The molecular formula is C13H14ClN3O. The van der Waals surface area contributed by atoms with Gasteiger partial charge in [0.05, 0.1) is 5.56 Å². The lowest BCUT2D eigenvalue weighted by Crippen LogP contribution is -2.33. The number of nitrogens with one attached hydrogen (secondary N) is 2. The molecule has 0 bridgehead atoms. The molecule has 94 valence electrons. The average Bonchev–Trinajstić information content (AvgIpc) is 2.81. The number of hydrogen-bond acceptors (Lipinski definition) is 2. The summed E-state index contributed by atoms with van der Waals surface area (Å²) >= 11 is 0. The van der Waals surface area contributed by atoms with E-state index in [0.717, 1.165) is 22.5 Å². The molecule has 4 nitrogen and oxygen atoms in total. The standard InChI is InChI=1S/C13H13N3O.ClH/c1-8-7-15-13(17)10-6-11(16-12(8)10)9-2-4-14-5-3-9;/h2-6,8,16H,7H2,1H3,(H,15,17);1H/t8-;/m1./s1. The van der Waals surface area contributed by atoms with Gasteiger partial charge in [0.2, 0.25) is 0 Å². The fourth-order valence-corrected chi connectivity index (χ4v) is 2.18. The molecule has 3 heterocycles. The highest BCUT2D eigenvalue weighted by Gasteiger charge is 2.24. The number of amides is 1. The molecule has 0 aromatic carbocycles. The van der Waals surface area contributed by atoms with E-state index in [9.17, 15) is 4.79 Å². The molecule has 2 aromatic heterocycles. The molecule has 1 aliphatic heterocycles. The summed E-state index contributed by atoms with van der Waals surface area (Å²) in [5.41, 5.74) is 3.81. The predicted molar refractivity (Wildman–Crippen MR) is 72.0 cm³/mol. The number of rotatable bonds is 1. The largest absolute Gasteiger partial charge is 0.357 e. The average molecular weight is 264 g/mol. The zero-order valence-corrected chi connectivity index (χ0v) is 10.8. The molecular weight excluding hydrogens is 250 g/mol. The summed E-state index contributed by atoms with van der Waals surface area (Å²) in [6, 6.07) is 5.77. The highest BCUT2D eigenvalue weighted by molar-refractivity contribution is 5.98. The number of aromatic nitrogens is 2. The molecule has 0 saturated heterocycles. The second-order valence-electron chi connectivity index (χ2n) is 4.36. The second-order valence-corrected chi connectivity index (χ2v) is 4.36. The third kappa shape index (κ3) is 1.99. The van der Waals surface area contributed by atoms with E-state index in [4.69, 9.17) is 0 Å². The van der Waals surface area contributed by atoms with Crippen molar-refractivity contribution < 1.29 is 4.79 Å². The van der Waals surface area contributed by atoms with Gasteiger partial charge in [0.15, 0.2) is 0 Å². The summed E-state index contributed by atoms with van der Waals surface area (Å²) in [6.07, 6.45) is 3.50. The van der Waals surface area contributed by atoms with Gasteiger partial charge in [-0.25, -0.2) is 0 Å². The Bertz CT molecular complexity index is 565. The maximum atomic E-state index is 11.7. The molecule has 2 N–H and O–H groups in total. The Labute approximate surface area is 111 Å². The fourth-order valence-electron chi connectivity index (χ4n) is 2.18. The van der Waals surface area contributed by atoms with Gasteiger partial charge in [-0.3, -0.25) is 9.78 Å². The number of pyridine rings is 1.